The van der Waals surface area contributed by atoms with E-state index in [4.69, 9.17) is 28.0 Å². The van der Waals surface area contributed by atoms with Crippen molar-refractivity contribution >= 4 is 34.7 Å². The molecule has 0 spiro atoms. The maximum atomic E-state index is 11.7. The van der Waals surface area contributed by atoms with Crippen molar-refractivity contribution in [3.05, 3.63) is 46.0 Å². The van der Waals surface area contributed by atoms with Gasteiger partial charge in [-0.3, -0.25) is 4.79 Å². The minimum Gasteiger partial charge on any atom is -0.387 e. The van der Waals surface area contributed by atoms with Crippen LogP contribution in [0.3, 0.4) is 0 Å². The molecule has 17 heavy (non-hydrogen) atoms. The maximum Gasteiger partial charge on any atom is 0.168 e. The molecular formula is C12H7Cl2NO2. The van der Waals surface area contributed by atoms with Gasteiger partial charge in [-0.1, -0.05) is 34.4 Å². The van der Waals surface area contributed by atoms with Gasteiger partial charge in [0.25, 0.3) is 0 Å². The van der Waals surface area contributed by atoms with Gasteiger partial charge >= 0.3 is 0 Å². The van der Waals surface area contributed by atoms with Crippen molar-refractivity contribution in [2.45, 2.75) is 6.10 Å². The van der Waals surface area contributed by atoms with Crippen LogP contribution in [0.2, 0.25) is 10.0 Å². The number of allylic oxidation sites excluding steroid dienone is 1. The van der Waals surface area contributed by atoms with E-state index < -0.39 is 5.92 Å². The first-order chi connectivity index (χ1) is 8.18. The number of hydrogen-bond donors (Lipinski definition) is 0. The number of carbonyl (C=O) groups excluding carboxylic acids is 1. The van der Waals surface area contributed by atoms with E-state index in [9.17, 15) is 4.79 Å². The molecule has 0 fully saturated rings. The summed E-state index contributed by atoms with van der Waals surface area (Å²) in [6.45, 7) is 0. The number of rotatable bonds is 1. The molecule has 2 atom stereocenters. The summed E-state index contributed by atoms with van der Waals surface area (Å²) in [6.07, 6.45) is 2.90. The predicted octanol–water partition coefficient (Wildman–Crippen LogP) is 2.85. The maximum absolute atomic E-state index is 11.7. The molecule has 3 rings (SSSR count). The zero-order valence-corrected chi connectivity index (χ0v) is 10.1. The van der Waals surface area contributed by atoms with Gasteiger partial charge in [0.05, 0.1) is 10.0 Å². The fourth-order valence-corrected chi connectivity index (χ4v) is 2.66. The molecule has 1 aliphatic heterocycles. The summed E-state index contributed by atoms with van der Waals surface area (Å²) in [5, 5.41) is 4.88. The zero-order chi connectivity index (χ0) is 12.0. The standard InChI is InChI=1S/C12H7Cl2NO2/c13-6-2-1-3-7(14)10(6)12-11-8(16)4-5-9(11)17-15-12/h1-5,9,11H/t9-,11+/m0/s1. The molecule has 0 saturated heterocycles. The molecule has 1 aromatic rings. The third kappa shape index (κ3) is 1.58. The number of hydrogen-bond acceptors (Lipinski definition) is 3. The van der Waals surface area contributed by atoms with E-state index in [2.05, 4.69) is 5.16 Å². The fraction of sp³-hybridized carbons (Fsp3) is 0.167. The quantitative estimate of drug-likeness (QED) is 0.785. The van der Waals surface area contributed by atoms with Crippen LogP contribution in [0.1, 0.15) is 5.56 Å². The summed E-state index contributed by atoms with van der Waals surface area (Å²) in [6, 6.07) is 5.17. The molecule has 1 heterocycles. The number of ketones is 1. The lowest BCUT2D eigenvalue weighted by molar-refractivity contribution is -0.116. The Bertz CT molecular complexity index is 545. The Morgan fingerprint density at radius 3 is 2.65 bits per heavy atom. The molecule has 1 aromatic carbocycles. The van der Waals surface area contributed by atoms with Crippen LogP contribution in [0.5, 0.6) is 0 Å². The van der Waals surface area contributed by atoms with E-state index >= 15 is 0 Å². The number of nitrogens with zero attached hydrogens (tertiary/aromatic N) is 1. The van der Waals surface area contributed by atoms with Gasteiger partial charge in [-0.25, -0.2) is 0 Å². The van der Waals surface area contributed by atoms with Gasteiger partial charge in [0.1, 0.15) is 11.6 Å². The lowest BCUT2D eigenvalue weighted by atomic mass is 9.93. The Morgan fingerprint density at radius 1 is 1.24 bits per heavy atom. The SMILES string of the molecule is O=C1C=C[C@@H]2ON=C(c3c(Cl)cccc3Cl)[C@H]12. The predicted molar refractivity (Wildman–Crippen MR) is 65.5 cm³/mol. The zero-order valence-electron chi connectivity index (χ0n) is 8.56. The molecule has 2 aliphatic rings. The average Bonchev–Trinajstić information content (AvgIpc) is 2.83. The van der Waals surface area contributed by atoms with E-state index in [1.165, 1.54) is 6.08 Å². The summed E-state index contributed by atoms with van der Waals surface area (Å²) in [5.74, 6) is -0.436. The van der Waals surface area contributed by atoms with Gasteiger partial charge in [0.15, 0.2) is 11.9 Å². The lowest BCUT2D eigenvalue weighted by Crippen LogP contribution is -2.25. The molecule has 0 bridgehead atoms. The van der Waals surface area contributed by atoms with Crippen LogP contribution in [0.15, 0.2) is 35.5 Å². The number of benzene rings is 1. The van der Waals surface area contributed by atoms with Gasteiger partial charge in [-0.05, 0) is 24.3 Å². The highest BCUT2D eigenvalue weighted by atomic mass is 35.5. The smallest absolute Gasteiger partial charge is 0.168 e. The van der Waals surface area contributed by atoms with E-state index in [1.54, 1.807) is 24.3 Å². The minimum absolute atomic E-state index is 0.0257. The second-order valence-corrected chi connectivity index (χ2v) is 4.70. The van der Waals surface area contributed by atoms with E-state index in [0.717, 1.165) is 0 Å². The Morgan fingerprint density at radius 2 is 1.94 bits per heavy atom. The first-order valence-corrected chi connectivity index (χ1v) is 5.84. The second kappa shape index (κ2) is 3.86. The van der Waals surface area contributed by atoms with Crippen molar-refractivity contribution in [1.82, 2.24) is 0 Å². The van der Waals surface area contributed by atoms with Crippen molar-refractivity contribution in [3.8, 4) is 0 Å². The highest BCUT2D eigenvalue weighted by Gasteiger charge is 2.42. The second-order valence-electron chi connectivity index (χ2n) is 3.88. The molecule has 0 unspecified atom stereocenters. The first-order valence-electron chi connectivity index (χ1n) is 5.08. The van der Waals surface area contributed by atoms with E-state index in [-0.39, 0.29) is 11.9 Å². The minimum atomic E-state index is -0.410. The third-order valence-electron chi connectivity index (χ3n) is 2.87. The van der Waals surface area contributed by atoms with Crippen LogP contribution in [0.4, 0.5) is 0 Å². The molecule has 5 heteroatoms. The largest absolute Gasteiger partial charge is 0.387 e. The number of oxime groups is 1. The van der Waals surface area contributed by atoms with Crippen LogP contribution in [-0.4, -0.2) is 17.6 Å². The molecule has 3 nitrogen and oxygen atoms in total. The van der Waals surface area contributed by atoms with Crippen LogP contribution in [-0.2, 0) is 9.63 Å². The van der Waals surface area contributed by atoms with Crippen LogP contribution in [0.25, 0.3) is 0 Å². The number of fused-ring (bicyclic) bond motifs is 1. The molecular weight excluding hydrogens is 261 g/mol. The number of halogens is 2. The molecule has 1 aliphatic carbocycles. The summed E-state index contributed by atoms with van der Waals surface area (Å²) in [7, 11) is 0. The van der Waals surface area contributed by atoms with E-state index in [1.807, 2.05) is 0 Å². The van der Waals surface area contributed by atoms with Gasteiger partial charge in [-0.15, -0.1) is 0 Å². The van der Waals surface area contributed by atoms with Gasteiger partial charge in [-0.2, -0.15) is 0 Å². The molecule has 0 aromatic heterocycles. The van der Waals surface area contributed by atoms with Crippen LogP contribution >= 0.6 is 23.2 Å². The molecule has 0 radical (unpaired) electrons. The topological polar surface area (TPSA) is 38.7 Å². The molecule has 86 valence electrons. The van der Waals surface area contributed by atoms with Crippen molar-refractivity contribution in [1.29, 1.82) is 0 Å². The van der Waals surface area contributed by atoms with Crippen LogP contribution < -0.4 is 0 Å². The van der Waals surface area contributed by atoms with Crippen molar-refractivity contribution in [2.75, 3.05) is 0 Å². The van der Waals surface area contributed by atoms with Gasteiger partial charge in [0, 0.05) is 5.56 Å². The highest BCUT2D eigenvalue weighted by Crippen LogP contribution is 2.35. The average molecular weight is 268 g/mol. The fourth-order valence-electron chi connectivity index (χ4n) is 2.07. The number of carbonyl (C=O) groups is 1. The van der Waals surface area contributed by atoms with Gasteiger partial charge in [0.2, 0.25) is 0 Å². The Hall–Kier alpha value is -1.32. The summed E-state index contributed by atoms with van der Waals surface area (Å²) in [5.41, 5.74) is 1.10. The monoisotopic (exact) mass is 267 g/mol. The normalized spacial score (nSPS) is 25.8. The highest BCUT2D eigenvalue weighted by molar-refractivity contribution is 6.41. The first kappa shape index (κ1) is 10.8. The Kier molecular flexibility index (Phi) is 2.45. The lowest BCUT2D eigenvalue weighted by Gasteiger charge is -2.10. The Labute approximate surface area is 108 Å². The molecule has 0 saturated carbocycles. The summed E-state index contributed by atoms with van der Waals surface area (Å²) in [4.78, 5) is 16.9. The summed E-state index contributed by atoms with van der Waals surface area (Å²) < 4.78 is 0. The van der Waals surface area contributed by atoms with E-state index in [0.29, 0.717) is 21.3 Å². The van der Waals surface area contributed by atoms with Crippen molar-refractivity contribution < 1.29 is 9.63 Å². The van der Waals surface area contributed by atoms with Crippen LogP contribution in [0, 0.1) is 5.92 Å². The Balaban J connectivity index is 2.09. The molecule has 0 amide bonds. The van der Waals surface area contributed by atoms with Crippen molar-refractivity contribution in [2.24, 2.45) is 11.1 Å². The third-order valence-corrected chi connectivity index (χ3v) is 3.50. The summed E-state index contributed by atoms with van der Waals surface area (Å²) >= 11 is 12.2. The van der Waals surface area contributed by atoms with Crippen molar-refractivity contribution in [3.63, 3.8) is 0 Å². The molecule has 0 N–H and O–H groups in total. The van der Waals surface area contributed by atoms with Gasteiger partial charge < -0.3 is 4.84 Å².